The number of anilines is 1. The fourth-order valence-electron chi connectivity index (χ4n) is 4.41. The van der Waals surface area contributed by atoms with Crippen LogP contribution in [0.4, 0.5) is 5.82 Å². The summed E-state index contributed by atoms with van der Waals surface area (Å²) < 4.78 is 1.68. The van der Waals surface area contributed by atoms with Gasteiger partial charge < -0.3 is 5.73 Å². The van der Waals surface area contributed by atoms with E-state index >= 15 is 0 Å². The molecule has 0 spiro atoms. The normalized spacial score (nSPS) is 11.0. The Morgan fingerprint density at radius 2 is 1.95 bits per heavy atom. The summed E-state index contributed by atoms with van der Waals surface area (Å²) in [5, 5.41) is 21.5. The highest BCUT2D eigenvalue weighted by Gasteiger charge is 2.21. The lowest BCUT2D eigenvalue weighted by molar-refractivity contribution is 0.898. The van der Waals surface area contributed by atoms with Crippen molar-refractivity contribution in [2.75, 3.05) is 5.73 Å². The number of nitriles is 1. The summed E-state index contributed by atoms with van der Waals surface area (Å²) in [5.41, 5.74) is 13.9. The number of fused-ring (bicyclic) bond motifs is 1. The zero-order valence-electron chi connectivity index (χ0n) is 19.8. The largest absolute Gasteiger partial charge is 0.381 e. The van der Waals surface area contributed by atoms with Crippen LogP contribution in [0.3, 0.4) is 0 Å². The first-order chi connectivity index (χ1) is 18.1. The second kappa shape index (κ2) is 8.98. The van der Waals surface area contributed by atoms with Gasteiger partial charge in [0.2, 0.25) is 0 Å². The second-order valence-corrected chi connectivity index (χ2v) is 8.46. The molecule has 2 aromatic carbocycles. The van der Waals surface area contributed by atoms with Crippen molar-refractivity contribution in [2.45, 2.75) is 13.3 Å². The van der Waals surface area contributed by atoms with Crippen molar-refractivity contribution in [1.29, 1.82) is 5.26 Å². The number of aromatic nitrogens is 8. The number of hydrogen-bond donors (Lipinski definition) is 2. The van der Waals surface area contributed by atoms with Gasteiger partial charge in [-0.2, -0.15) is 15.5 Å². The molecule has 0 bridgehead atoms. The number of nitrogens with two attached hydrogens (primary N) is 1. The van der Waals surface area contributed by atoms with Crippen LogP contribution in [0.25, 0.3) is 39.4 Å². The molecule has 0 unspecified atom stereocenters. The minimum absolute atomic E-state index is 0.230. The molecule has 178 valence electrons. The Bertz CT molecular complexity index is 1790. The Kier molecular flexibility index (Phi) is 5.35. The lowest BCUT2D eigenvalue weighted by Gasteiger charge is -2.11. The molecule has 0 aliphatic rings. The van der Waals surface area contributed by atoms with Crippen molar-refractivity contribution in [3.8, 4) is 39.8 Å². The van der Waals surface area contributed by atoms with E-state index in [0.29, 0.717) is 40.5 Å². The maximum Gasteiger partial charge on any atom is 0.198 e. The lowest BCUT2D eigenvalue weighted by Crippen LogP contribution is -2.06. The summed E-state index contributed by atoms with van der Waals surface area (Å²) in [4.78, 5) is 17.9. The first kappa shape index (κ1) is 22.1. The second-order valence-electron chi connectivity index (χ2n) is 8.46. The fraction of sp³-hybridized carbons (Fsp3) is 0.0741. The Morgan fingerprint density at radius 1 is 1.05 bits per heavy atom. The highest BCUT2D eigenvalue weighted by molar-refractivity contribution is 5.81. The van der Waals surface area contributed by atoms with E-state index in [1.54, 1.807) is 35.0 Å². The van der Waals surface area contributed by atoms with Gasteiger partial charge >= 0.3 is 0 Å². The molecular formula is C27H20N10. The van der Waals surface area contributed by atoms with Crippen molar-refractivity contribution in [3.05, 3.63) is 96.0 Å². The number of aryl methyl sites for hydroxylation is 1. The van der Waals surface area contributed by atoms with Crippen molar-refractivity contribution >= 4 is 11.5 Å². The van der Waals surface area contributed by atoms with Crippen LogP contribution < -0.4 is 5.73 Å². The van der Waals surface area contributed by atoms with Crippen LogP contribution >= 0.6 is 0 Å². The van der Waals surface area contributed by atoms with Crippen LogP contribution in [0.1, 0.15) is 22.6 Å². The number of nitrogens with zero attached hydrogens (tertiary/aromatic N) is 8. The van der Waals surface area contributed by atoms with Gasteiger partial charge in [-0.25, -0.2) is 24.5 Å². The van der Waals surface area contributed by atoms with Crippen molar-refractivity contribution < 1.29 is 0 Å². The van der Waals surface area contributed by atoms with Crippen LogP contribution in [0.5, 0.6) is 0 Å². The average Bonchev–Trinajstić information content (AvgIpc) is 3.56. The van der Waals surface area contributed by atoms with Gasteiger partial charge in [0.25, 0.3) is 0 Å². The topological polar surface area (TPSA) is 147 Å². The molecule has 4 aromatic heterocycles. The SMILES string of the molecule is Cc1n[nH]cc1-c1ccccc1Cc1nc2c(N)nc(-c3cccc(C#N)c3)c(-c3ccncn3)n2n1. The van der Waals surface area contributed by atoms with Crippen LogP contribution in [0.2, 0.25) is 0 Å². The molecule has 3 N–H and O–H groups in total. The summed E-state index contributed by atoms with van der Waals surface area (Å²) in [6.07, 6.45) is 5.49. The number of benzene rings is 2. The van der Waals surface area contributed by atoms with Gasteiger partial charge in [0.15, 0.2) is 17.3 Å². The number of hydrogen-bond acceptors (Lipinski definition) is 8. The van der Waals surface area contributed by atoms with Gasteiger partial charge in [-0.05, 0) is 36.2 Å². The molecule has 0 atom stereocenters. The molecule has 37 heavy (non-hydrogen) atoms. The van der Waals surface area contributed by atoms with E-state index in [0.717, 1.165) is 27.9 Å². The van der Waals surface area contributed by atoms with Gasteiger partial charge in [0.1, 0.15) is 17.7 Å². The molecular weight excluding hydrogens is 464 g/mol. The first-order valence-corrected chi connectivity index (χ1v) is 11.5. The van der Waals surface area contributed by atoms with E-state index in [2.05, 4.69) is 43.4 Å². The molecule has 0 aliphatic carbocycles. The third-order valence-electron chi connectivity index (χ3n) is 6.13. The Balaban J connectivity index is 1.54. The smallest absolute Gasteiger partial charge is 0.198 e. The number of H-pyrrole nitrogens is 1. The van der Waals surface area contributed by atoms with Crippen molar-refractivity contribution in [3.63, 3.8) is 0 Å². The molecule has 4 heterocycles. The molecule has 0 saturated carbocycles. The van der Waals surface area contributed by atoms with Crippen molar-refractivity contribution in [1.82, 2.24) is 39.7 Å². The third kappa shape index (κ3) is 3.94. The molecule has 0 saturated heterocycles. The lowest BCUT2D eigenvalue weighted by atomic mass is 9.98. The first-order valence-electron chi connectivity index (χ1n) is 11.5. The number of nitrogen functional groups attached to an aromatic ring is 1. The van der Waals surface area contributed by atoms with Crippen LogP contribution in [0.15, 0.2) is 73.3 Å². The van der Waals surface area contributed by atoms with Crippen LogP contribution in [-0.4, -0.2) is 39.7 Å². The standard InChI is InChI=1S/C27H20N10/c1-16-21(14-32-35-16)20-8-3-2-6-18(20)12-23-33-27-26(29)34-24(19-7-4-5-17(11-19)13-28)25(37(27)36-23)22-9-10-30-15-31-22/h2-11,14-15H,12H2,1H3,(H2,29,34)(H,32,35). The van der Waals surface area contributed by atoms with E-state index in [1.165, 1.54) is 6.33 Å². The highest BCUT2D eigenvalue weighted by atomic mass is 15.3. The zero-order valence-corrected chi connectivity index (χ0v) is 19.8. The van der Waals surface area contributed by atoms with E-state index in [9.17, 15) is 5.26 Å². The highest BCUT2D eigenvalue weighted by Crippen LogP contribution is 2.33. The minimum Gasteiger partial charge on any atom is -0.381 e. The van der Waals surface area contributed by atoms with Crippen LogP contribution in [0, 0.1) is 18.3 Å². The van der Waals surface area contributed by atoms with Gasteiger partial charge in [-0.1, -0.05) is 36.4 Å². The summed E-state index contributed by atoms with van der Waals surface area (Å²) in [7, 11) is 0. The quantitative estimate of drug-likeness (QED) is 0.373. The molecule has 6 rings (SSSR count). The predicted molar refractivity (Wildman–Crippen MR) is 138 cm³/mol. The molecule has 6 aromatic rings. The maximum absolute atomic E-state index is 9.42. The fourth-order valence-corrected chi connectivity index (χ4v) is 4.41. The third-order valence-corrected chi connectivity index (χ3v) is 6.13. The Hall–Kier alpha value is -5.43. The molecule has 0 fully saturated rings. The van der Waals surface area contributed by atoms with E-state index in [1.807, 2.05) is 31.3 Å². The summed E-state index contributed by atoms with van der Waals surface area (Å²) in [5.74, 6) is 0.813. The molecule has 10 heteroatoms. The summed E-state index contributed by atoms with van der Waals surface area (Å²) in [6, 6.07) is 19.2. The zero-order chi connectivity index (χ0) is 25.4. The molecule has 0 radical (unpaired) electrons. The molecule has 0 aliphatic heterocycles. The van der Waals surface area contributed by atoms with Gasteiger partial charge in [0, 0.05) is 29.9 Å². The number of nitrogens with one attached hydrogen (secondary N) is 1. The Morgan fingerprint density at radius 3 is 2.73 bits per heavy atom. The number of aromatic amines is 1. The maximum atomic E-state index is 9.42. The van der Waals surface area contributed by atoms with Crippen LogP contribution in [-0.2, 0) is 6.42 Å². The number of rotatable bonds is 5. The molecule has 0 amide bonds. The summed E-state index contributed by atoms with van der Waals surface area (Å²) in [6.45, 7) is 1.97. The van der Waals surface area contributed by atoms with Gasteiger partial charge in [-0.15, -0.1) is 0 Å². The van der Waals surface area contributed by atoms with E-state index < -0.39 is 0 Å². The monoisotopic (exact) mass is 484 g/mol. The van der Waals surface area contributed by atoms with Gasteiger partial charge in [0.05, 0.1) is 23.0 Å². The minimum atomic E-state index is 0.230. The molecule has 10 nitrogen and oxygen atoms in total. The average molecular weight is 485 g/mol. The predicted octanol–water partition coefficient (Wildman–Crippen LogP) is 3.99. The van der Waals surface area contributed by atoms with Gasteiger partial charge in [-0.3, -0.25) is 5.10 Å². The van der Waals surface area contributed by atoms with E-state index in [-0.39, 0.29) is 5.82 Å². The Labute approximate surface area is 211 Å². The van der Waals surface area contributed by atoms with Crippen molar-refractivity contribution in [2.24, 2.45) is 0 Å². The summed E-state index contributed by atoms with van der Waals surface area (Å²) >= 11 is 0. The van der Waals surface area contributed by atoms with E-state index in [4.69, 9.17) is 15.8 Å².